The molecule has 37 heavy (non-hydrogen) atoms. The van der Waals surface area contributed by atoms with Crippen molar-refractivity contribution < 1.29 is 19.1 Å². The number of allylic oxidation sites excluding steroid dienone is 1. The van der Waals surface area contributed by atoms with E-state index in [-0.39, 0.29) is 22.6 Å². The Morgan fingerprint density at radius 3 is 2.32 bits per heavy atom. The van der Waals surface area contributed by atoms with Crippen molar-refractivity contribution in [3.8, 4) is 5.75 Å². The van der Waals surface area contributed by atoms with Gasteiger partial charge in [0.2, 0.25) is 5.75 Å². The molecule has 10 heteroatoms. The van der Waals surface area contributed by atoms with Gasteiger partial charge in [-0.25, -0.2) is 0 Å². The Kier molecular flexibility index (Phi) is 13.7. The van der Waals surface area contributed by atoms with E-state index in [9.17, 15) is 20.2 Å². The van der Waals surface area contributed by atoms with Crippen LogP contribution in [0.3, 0.4) is 0 Å². The molecule has 1 rings (SSSR count). The van der Waals surface area contributed by atoms with Gasteiger partial charge in [-0.05, 0) is 63.2 Å². The summed E-state index contributed by atoms with van der Waals surface area (Å²) < 4.78 is 6.40. The Hall–Kier alpha value is -2.59. The molecule has 1 aromatic carbocycles. The minimum atomic E-state index is -1.80. The summed E-state index contributed by atoms with van der Waals surface area (Å²) in [6.45, 7) is 15.5. The predicted octanol–water partition coefficient (Wildman–Crippen LogP) is 8.74. The van der Waals surface area contributed by atoms with Gasteiger partial charge in [-0.15, -0.1) is 0 Å². The number of unbranched alkanes of at least 4 members (excludes halogenated alkanes) is 4. The molecule has 1 aromatic rings. The van der Waals surface area contributed by atoms with Crippen molar-refractivity contribution in [1.82, 2.24) is 0 Å². The zero-order valence-electron chi connectivity index (χ0n) is 23.6. The van der Waals surface area contributed by atoms with Gasteiger partial charge in [-0.3, -0.25) is 20.2 Å². The Bertz CT molecular complexity index is 941. The van der Waals surface area contributed by atoms with Crippen LogP contribution >= 0.6 is 0 Å². The highest BCUT2D eigenvalue weighted by molar-refractivity contribution is 6.74. The van der Waals surface area contributed by atoms with Crippen molar-refractivity contribution in [1.29, 1.82) is 0 Å². The highest BCUT2D eigenvalue weighted by Gasteiger charge is 2.38. The SMILES string of the molecule is CCCCCCC/C(CC/C=C/CC(C)O[Si](C)(C)C(C)(C)C)=N\Oc1ccc([N+](=O)[O-])cc1[N+](=O)[O-]. The third-order valence-electron chi connectivity index (χ3n) is 6.73. The fourth-order valence-corrected chi connectivity index (χ4v) is 4.94. The first-order valence-corrected chi connectivity index (χ1v) is 16.2. The lowest BCUT2D eigenvalue weighted by molar-refractivity contribution is -0.394. The van der Waals surface area contributed by atoms with Gasteiger partial charge >= 0.3 is 5.69 Å². The number of rotatable bonds is 17. The maximum atomic E-state index is 11.4. The van der Waals surface area contributed by atoms with Crippen LogP contribution in [0.5, 0.6) is 5.75 Å². The van der Waals surface area contributed by atoms with Crippen molar-refractivity contribution >= 4 is 25.4 Å². The number of benzene rings is 1. The summed E-state index contributed by atoms with van der Waals surface area (Å²) in [5, 5.41) is 26.8. The Morgan fingerprint density at radius 2 is 1.73 bits per heavy atom. The van der Waals surface area contributed by atoms with E-state index in [2.05, 4.69) is 65.0 Å². The number of nitro benzene ring substituents is 2. The van der Waals surface area contributed by atoms with E-state index in [0.717, 1.165) is 56.7 Å². The summed E-state index contributed by atoms with van der Waals surface area (Å²) in [4.78, 5) is 26.4. The first kappa shape index (κ1) is 32.4. The highest BCUT2D eigenvalue weighted by atomic mass is 28.4. The van der Waals surface area contributed by atoms with E-state index >= 15 is 0 Å². The first-order valence-electron chi connectivity index (χ1n) is 13.3. The molecule has 0 aliphatic carbocycles. The fraction of sp³-hybridized carbons (Fsp3) is 0.667. The molecule has 0 heterocycles. The van der Waals surface area contributed by atoms with Gasteiger partial charge in [0.25, 0.3) is 5.69 Å². The van der Waals surface area contributed by atoms with Gasteiger partial charge in [0, 0.05) is 12.2 Å². The molecule has 0 aromatic heterocycles. The molecule has 0 spiro atoms. The molecule has 0 amide bonds. The van der Waals surface area contributed by atoms with Gasteiger partial charge in [0.15, 0.2) is 8.32 Å². The number of nitro groups is 2. The normalized spacial score (nSPS) is 13.6. The molecule has 0 N–H and O–H groups in total. The number of oxime groups is 1. The standard InChI is InChI=1S/C27H45N3O6Si/c1-8-9-10-11-14-17-23(18-15-12-13-16-22(2)36-37(6,7)27(3,4)5)28-35-26-20-19-24(29(31)32)21-25(26)30(33)34/h12-13,19-22H,8-11,14-18H2,1-7H3/b13-12+,28-23+. The number of non-ortho nitro benzene ring substituents is 1. The minimum Gasteiger partial charge on any atom is -0.414 e. The van der Waals surface area contributed by atoms with E-state index in [4.69, 9.17) is 9.26 Å². The average molecular weight is 536 g/mol. The second-order valence-electron chi connectivity index (χ2n) is 11.0. The van der Waals surface area contributed by atoms with E-state index < -0.39 is 23.9 Å². The monoisotopic (exact) mass is 535 g/mol. The maximum absolute atomic E-state index is 11.4. The first-order chi connectivity index (χ1) is 17.3. The van der Waals surface area contributed by atoms with Gasteiger partial charge in [-0.2, -0.15) is 0 Å². The molecule has 1 atom stereocenters. The third-order valence-corrected chi connectivity index (χ3v) is 11.3. The molecule has 0 radical (unpaired) electrons. The van der Waals surface area contributed by atoms with Crippen LogP contribution in [0, 0.1) is 20.2 Å². The molecular formula is C27H45N3O6Si. The van der Waals surface area contributed by atoms with Crippen LogP contribution in [-0.4, -0.2) is 30.0 Å². The lowest BCUT2D eigenvalue weighted by atomic mass is 10.1. The fourth-order valence-electron chi connectivity index (χ4n) is 3.49. The van der Waals surface area contributed by atoms with Crippen LogP contribution in [0.25, 0.3) is 0 Å². The van der Waals surface area contributed by atoms with E-state index in [1.807, 2.05) is 0 Å². The van der Waals surface area contributed by atoms with Crippen LogP contribution in [0.4, 0.5) is 11.4 Å². The van der Waals surface area contributed by atoms with Gasteiger partial charge in [0.1, 0.15) is 0 Å². The van der Waals surface area contributed by atoms with Crippen LogP contribution in [0.15, 0.2) is 35.5 Å². The van der Waals surface area contributed by atoms with Crippen molar-refractivity contribution in [2.45, 2.75) is 117 Å². The Labute approximate surface area is 222 Å². The predicted molar refractivity (Wildman–Crippen MR) is 152 cm³/mol. The van der Waals surface area contributed by atoms with Crippen molar-refractivity contribution in [2.24, 2.45) is 5.16 Å². The molecule has 0 bridgehead atoms. The highest BCUT2D eigenvalue weighted by Crippen LogP contribution is 2.37. The molecule has 0 aliphatic rings. The molecular weight excluding hydrogens is 490 g/mol. The molecule has 0 saturated carbocycles. The second-order valence-corrected chi connectivity index (χ2v) is 15.8. The van der Waals surface area contributed by atoms with Crippen molar-refractivity contribution in [3.05, 3.63) is 50.6 Å². The summed E-state index contributed by atoms with van der Waals surface area (Å²) >= 11 is 0. The summed E-state index contributed by atoms with van der Waals surface area (Å²) in [6.07, 6.45) is 13.0. The zero-order valence-corrected chi connectivity index (χ0v) is 24.6. The quantitative estimate of drug-likeness (QED) is 0.0491. The number of hydrogen-bond acceptors (Lipinski definition) is 7. The molecule has 0 fully saturated rings. The molecule has 1 unspecified atom stereocenters. The lowest BCUT2D eigenvalue weighted by Gasteiger charge is -2.38. The second kappa shape index (κ2) is 15.6. The summed E-state index contributed by atoms with van der Waals surface area (Å²) in [7, 11) is -1.80. The summed E-state index contributed by atoms with van der Waals surface area (Å²) in [6, 6.07) is 3.30. The van der Waals surface area contributed by atoms with E-state index in [0.29, 0.717) is 6.42 Å². The van der Waals surface area contributed by atoms with Gasteiger partial charge in [-0.1, -0.05) is 70.7 Å². The topological polar surface area (TPSA) is 117 Å². The smallest absolute Gasteiger partial charge is 0.321 e. The minimum absolute atomic E-state index is 0.105. The van der Waals surface area contributed by atoms with Crippen LogP contribution in [0.2, 0.25) is 18.1 Å². The van der Waals surface area contributed by atoms with Crippen molar-refractivity contribution in [3.63, 3.8) is 0 Å². The van der Waals surface area contributed by atoms with Crippen LogP contribution < -0.4 is 4.84 Å². The average Bonchev–Trinajstić information content (AvgIpc) is 2.80. The third kappa shape index (κ3) is 12.0. The van der Waals surface area contributed by atoms with Crippen LogP contribution in [-0.2, 0) is 4.43 Å². The van der Waals surface area contributed by atoms with Gasteiger partial charge in [0.05, 0.1) is 21.6 Å². The Morgan fingerprint density at radius 1 is 1.05 bits per heavy atom. The largest absolute Gasteiger partial charge is 0.414 e. The lowest BCUT2D eigenvalue weighted by Crippen LogP contribution is -2.43. The molecule has 0 aliphatic heterocycles. The molecule has 208 valence electrons. The van der Waals surface area contributed by atoms with Crippen molar-refractivity contribution in [2.75, 3.05) is 0 Å². The van der Waals surface area contributed by atoms with Gasteiger partial charge < -0.3 is 9.26 Å². The Balaban J connectivity index is 2.81. The van der Waals surface area contributed by atoms with E-state index in [1.54, 1.807) is 0 Å². The molecule has 9 nitrogen and oxygen atoms in total. The van der Waals surface area contributed by atoms with E-state index in [1.165, 1.54) is 18.6 Å². The number of hydrogen-bond donors (Lipinski definition) is 0. The van der Waals surface area contributed by atoms with Crippen LogP contribution in [0.1, 0.15) is 92.4 Å². The molecule has 0 saturated heterocycles. The summed E-state index contributed by atoms with van der Waals surface area (Å²) in [5.74, 6) is -0.105. The number of nitrogens with zero attached hydrogens (tertiary/aromatic N) is 3. The summed E-state index contributed by atoms with van der Waals surface area (Å²) in [5.41, 5.74) is -0.0219. The maximum Gasteiger partial charge on any atom is 0.321 e. The zero-order chi connectivity index (χ0) is 28.1.